The number of piperidine rings is 1. The molecule has 10 nitrogen and oxygen atoms in total. The number of nitrogen functional groups attached to an aromatic ring is 1. The Hall–Kier alpha value is -3.24. The van der Waals surface area contributed by atoms with Crippen LogP contribution >= 0.6 is 0 Å². The highest BCUT2D eigenvalue weighted by Gasteiger charge is 2.23. The number of pyridine rings is 1. The lowest BCUT2D eigenvalue weighted by atomic mass is 10.1. The molecule has 1 amide bonds. The molecule has 1 aliphatic heterocycles. The average Bonchev–Trinajstić information content (AvgIpc) is 3.04. The number of carbonyl (C=O) groups is 1. The second-order valence-electron chi connectivity index (χ2n) is 7.09. The molecule has 0 bridgehead atoms. The standard InChI is InChI=1S/C19H24N8O2/c1-21-8-12-9-23-18-16(17(20)25-27(18)11-12)19(29)24-14-10-22-5-2-15(14)26-6-3-13(28)4-7-26/h2,5,9-11,13,21,28H,3-4,6-8H2,1H3,(H2,20,25)(H,24,29). The summed E-state index contributed by atoms with van der Waals surface area (Å²) in [7, 11) is 1.84. The van der Waals surface area contributed by atoms with Crippen LogP contribution in [-0.4, -0.2) is 56.8 Å². The van der Waals surface area contributed by atoms with Gasteiger partial charge in [0.2, 0.25) is 0 Å². The van der Waals surface area contributed by atoms with Crippen LogP contribution in [0.25, 0.3) is 5.65 Å². The molecule has 1 aliphatic rings. The number of nitrogens with one attached hydrogen (secondary N) is 2. The molecule has 4 heterocycles. The maximum Gasteiger partial charge on any atom is 0.263 e. The molecule has 0 atom stereocenters. The molecule has 1 fully saturated rings. The summed E-state index contributed by atoms with van der Waals surface area (Å²) in [5, 5.41) is 19.9. The zero-order valence-corrected chi connectivity index (χ0v) is 16.2. The van der Waals surface area contributed by atoms with Crippen LogP contribution < -0.4 is 21.3 Å². The molecule has 0 aliphatic carbocycles. The van der Waals surface area contributed by atoms with Gasteiger partial charge in [0.15, 0.2) is 11.5 Å². The van der Waals surface area contributed by atoms with Gasteiger partial charge in [-0.3, -0.25) is 9.78 Å². The molecule has 3 aromatic rings. The number of nitrogens with zero attached hydrogens (tertiary/aromatic N) is 5. The van der Waals surface area contributed by atoms with Gasteiger partial charge in [-0.25, -0.2) is 9.50 Å². The summed E-state index contributed by atoms with van der Waals surface area (Å²) in [4.78, 5) is 23.7. The van der Waals surface area contributed by atoms with Gasteiger partial charge < -0.3 is 26.4 Å². The van der Waals surface area contributed by atoms with Gasteiger partial charge in [0.05, 0.1) is 23.7 Å². The van der Waals surface area contributed by atoms with Crippen molar-refractivity contribution in [3.05, 3.63) is 42.0 Å². The van der Waals surface area contributed by atoms with Crippen molar-refractivity contribution in [2.24, 2.45) is 0 Å². The summed E-state index contributed by atoms with van der Waals surface area (Å²) in [6.45, 7) is 2.05. The third kappa shape index (κ3) is 3.84. The Morgan fingerprint density at radius 2 is 2.14 bits per heavy atom. The monoisotopic (exact) mass is 396 g/mol. The van der Waals surface area contributed by atoms with Crippen LogP contribution in [0.1, 0.15) is 28.8 Å². The van der Waals surface area contributed by atoms with Gasteiger partial charge in [0, 0.05) is 43.8 Å². The van der Waals surface area contributed by atoms with Crippen LogP contribution in [0, 0.1) is 0 Å². The average molecular weight is 396 g/mol. The topological polar surface area (TPSA) is 134 Å². The fraction of sp³-hybridized carbons (Fsp3) is 0.368. The fourth-order valence-electron chi connectivity index (χ4n) is 3.55. The van der Waals surface area contributed by atoms with E-state index >= 15 is 0 Å². The third-order valence-electron chi connectivity index (χ3n) is 5.01. The van der Waals surface area contributed by atoms with Crippen molar-refractivity contribution in [1.82, 2.24) is 24.9 Å². The van der Waals surface area contributed by atoms with Crippen LogP contribution in [0.2, 0.25) is 0 Å². The Kier molecular flexibility index (Phi) is 5.28. The number of aromatic nitrogens is 4. The zero-order valence-electron chi connectivity index (χ0n) is 16.2. The SMILES string of the molecule is CNCc1cnc2c(C(=O)Nc3cnccc3N3CCC(O)CC3)c(N)nn2c1. The molecule has 0 unspecified atom stereocenters. The van der Waals surface area contributed by atoms with Gasteiger partial charge in [0.25, 0.3) is 5.91 Å². The molecule has 0 saturated carbocycles. The fourth-order valence-corrected chi connectivity index (χ4v) is 3.55. The largest absolute Gasteiger partial charge is 0.393 e. The first kappa shape index (κ1) is 19.1. The van der Waals surface area contributed by atoms with Gasteiger partial charge in [-0.2, -0.15) is 0 Å². The van der Waals surface area contributed by atoms with Gasteiger partial charge >= 0.3 is 0 Å². The Bertz CT molecular complexity index is 1030. The highest BCUT2D eigenvalue weighted by Crippen LogP contribution is 2.28. The minimum atomic E-state index is -0.391. The Morgan fingerprint density at radius 1 is 1.34 bits per heavy atom. The van der Waals surface area contributed by atoms with E-state index in [2.05, 4.69) is 30.6 Å². The number of hydrogen-bond donors (Lipinski definition) is 4. The lowest BCUT2D eigenvalue weighted by Crippen LogP contribution is -2.36. The molecular formula is C19H24N8O2. The molecule has 152 valence electrons. The summed E-state index contributed by atoms with van der Waals surface area (Å²) in [5.74, 6) is -0.277. The number of carbonyl (C=O) groups excluding carboxylic acids is 1. The molecule has 0 radical (unpaired) electrons. The molecule has 5 N–H and O–H groups in total. The van der Waals surface area contributed by atoms with E-state index in [1.165, 1.54) is 4.52 Å². The minimum Gasteiger partial charge on any atom is -0.393 e. The molecule has 4 rings (SSSR count). The van der Waals surface area contributed by atoms with E-state index in [1.54, 1.807) is 24.8 Å². The van der Waals surface area contributed by atoms with Gasteiger partial charge in [0.1, 0.15) is 5.56 Å². The van der Waals surface area contributed by atoms with Crippen molar-refractivity contribution >= 4 is 28.7 Å². The molecule has 29 heavy (non-hydrogen) atoms. The van der Waals surface area contributed by atoms with E-state index in [0.717, 1.165) is 11.3 Å². The number of aliphatic hydroxyl groups is 1. The lowest BCUT2D eigenvalue weighted by molar-refractivity contribution is 0.102. The van der Waals surface area contributed by atoms with Crippen molar-refractivity contribution in [1.29, 1.82) is 0 Å². The number of amides is 1. The van der Waals surface area contributed by atoms with Gasteiger partial charge in [-0.05, 0) is 26.0 Å². The molecule has 3 aromatic heterocycles. The molecular weight excluding hydrogens is 372 g/mol. The lowest BCUT2D eigenvalue weighted by Gasteiger charge is -2.32. The highest BCUT2D eigenvalue weighted by molar-refractivity contribution is 6.12. The summed E-state index contributed by atoms with van der Waals surface area (Å²) in [6.07, 6.45) is 7.89. The first-order valence-corrected chi connectivity index (χ1v) is 9.52. The highest BCUT2D eigenvalue weighted by atomic mass is 16.3. The molecule has 0 aromatic carbocycles. The van der Waals surface area contributed by atoms with Crippen LogP contribution in [0.5, 0.6) is 0 Å². The Labute approximate surface area is 167 Å². The second kappa shape index (κ2) is 8.02. The first-order valence-electron chi connectivity index (χ1n) is 9.52. The van der Waals surface area contributed by atoms with Gasteiger partial charge in [-0.1, -0.05) is 0 Å². The maximum absolute atomic E-state index is 13.0. The van der Waals surface area contributed by atoms with Crippen LogP contribution in [0.3, 0.4) is 0 Å². The van der Waals surface area contributed by atoms with E-state index in [9.17, 15) is 9.90 Å². The minimum absolute atomic E-state index is 0.114. The van der Waals surface area contributed by atoms with Crippen LogP contribution in [0.15, 0.2) is 30.9 Å². The number of anilines is 3. The van der Waals surface area contributed by atoms with E-state index < -0.39 is 5.91 Å². The smallest absolute Gasteiger partial charge is 0.263 e. The van der Waals surface area contributed by atoms with Crippen LogP contribution in [-0.2, 0) is 6.54 Å². The first-order chi connectivity index (χ1) is 14.1. The number of rotatable bonds is 5. The molecule has 1 saturated heterocycles. The van der Waals surface area contributed by atoms with Crippen molar-refractivity contribution in [2.45, 2.75) is 25.5 Å². The third-order valence-corrected chi connectivity index (χ3v) is 5.01. The van der Waals surface area contributed by atoms with E-state index in [4.69, 9.17) is 5.73 Å². The van der Waals surface area contributed by atoms with Crippen molar-refractivity contribution in [3.63, 3.8) is 0 Å². The quantitative estimate of drug-likeness (QED) is 0.494. The predicted octanol–water partition coefficient (Wildman–Crippen LogP) is 0.639. The van der Waals surface area contributed by atoms with Crippen molar-refractivity contribution in [3.8, 4) is 0 Å². The summed E-state index contributed by atoms with van der Waals surface area (Å²) in [6, 6.07) is 1.86. The summed E-state index contributed by atoms with van der Waals surface area (Å²) < 4.78 is 1.52. The Balaban J connectivity index is 1.61. The van der Waals surface area contributed by atoms with Crippen LogP contribution in [0.4, 0.5) is 17.2 Å². The molecule has 10 heteroatoms. The number of aliphatic hydroxyl groups excluding tert-OH is 1. The van der Waals surface area contributed by atoms with Gasteiger partial charge in [-0.15, -0.1) is 5.10 Å². The van der Waals surface area contributed by atoms with E-state index in [1.807, 2.05) is 13.1 Å². The van der Waals surface area contributed by atoms with Crippen molar-refractivity contribution in [2.75, 3.05) is 36.1 Å². The summed E-state index contributed by atoms with van der Waals surface area (Å²) in [5.41, 5.74) is 9.02. The number of hydrogen-bond acceptors (Lipinski definition) is 8. The van der Waals surface area contributed by atoms with E-state index in [0.29, 0.717) is 43.8 Å². The van der Waals surface area contributed by atoms with E-state index in [-0.39, 0.29) is 17.5 Å². The number of nitrogens with two attached hydrogens (primary N) is 1. The predicted molar refractivity (Wildman–Crippen MR) is 110 cm³/mol. The molecule has 0 spiro atoms. The Morgan fingerprint density at radius 3 is 2.90 bits per heavy atom. The summed E-state index contributed by atoms with van der Waals surface area (Å²) >= 11 is 0. The zero-order chi connectivity index (χ0) is 20.4. The normalized spacial score (nSPS) is 15.0. The second-order valence-corrected chi connectivity index (χ2v) is 7.09. The van der Waals surface area contributed by atoms with Crippen molar-refractivity contribution < 1.29 is 9.90 Å². The maximum atomic E-state index is 13.0. The number of fused-ring (bicyclic) bond motifs is 1.